The zero-order chi connectivity index (χ0) is 27.4. The van der Waals surface area contributed by atoms with Gasteiger partial charge in [-0.2, -0.15) is 0 Å². The Labute approximate surface area is 224 Å². The quantitative estimate of drug-likeness (QED) is 0.287. The highest BCUT2D eigenvalue weighted by Crippen LogP contribution is 2.72. The van der Waals surface area contributed by atoms with E-state index in [2.05, 4.69) is 34.6 Å². The zero-order valence-corrected chi connectivity index (χ0v) is 24.4. The lowest BCUT2D eigenvalue weighted by atomic mass is 9.43. The minimum atomic E-state index is -0.410. The van der Waals surface area contributed by atoms with Crippen molar-refractivity contribution in [3.8, 4) is 0 Å². The second kappa shape index (κ2) is 10.1. The van der Waals surface area contributed by atoms with Crippen molar-refractivity contribution < 1.29 is 24.9 Å². The van der Waals surface area contributed by atoms with Crippen LogP contribution in [0, 0.1) is 39.4 Å². The SMILES string of the molecule is CC(=O)OC[C@]12CC[C@H](O)C(C)(C)[C@@H]1CCC1=C2CC[C@]2(C)[C@@H]([C@H](C)C(O)C/C=C(/C)CO)CC[C@@]12C. The van der Waals surface area contributed by atoms with Crippen LogP contribution >= 0.6 is 0 Å². The fraction of sp³-hybridized carbons (Fsp3) is 0.844. The molecular weight excluding hydrogens is 464 g/mol. The minimum Gasteiger partial charge on any atom is -0.465 e. The largest absolute Gasteiger partial charge is 0.465 e. The van der Waals surface area contributed by atoms with Crippen LogP contribution in [0.2, 0.25) is 0 Å². The van der Waals surface area contributed by atoms with Crippen LogP contribution in [-0.2, 0) is 9.53 Å². The highest BCUT2D eigenvalue weighted by Gasteiger charge is 2.64. The van der Waals surface area contributed by atoms with E-state index in [9.17, 15) is 20.1 Å². The maximum atomic E-state index is 12.0. The molecule has 8 atom stereocenters. The Balaban J connectivity index is 1.71. The van der Waals surface area contributed by atoms with Crippen LogP contribution in [0.4, 0.5) is 0 Å². The molecule has 0 spiro atoms. The van der Waals surface area contributed by atoms with E-state index in [0.717, 1.165) is 56.9 Å². The van der Waals surface area contributed by atoms with Crippen molar-refractivity contribution in [3.63, 3.8) is 0 Å². The van der Waals surface area contributed by atoms with Crippen molar-refractivity contribution >= 4 is 5.97 Å². The molecule has 0 radical (unpaired) electrons. The van der Waals surface area contributed by atoms with Crippen LogP contribution < -0.4 is 0 Å². The van der Waals surface area contributed by atoms with Gasteiger partial charge in [-0.3, -0.25) is 4.79 Å². The van der Waals surface area contributed by atoms with E-state index in [1.54, 1.807) is 11.1 Å². The molecule has 5 nitrogen and oxygen atoms in total. The van der Waals surface area contributed by atoms with Gasteiger partial charge in [-0.1, -0.05) is 57.4 Å². The molecule has 0 heterocycles. The van der Waals surface area contributed by atoms with Crippen LogP contribution in [0.5, 0.6) is 0 Å². The van der Waals surface area contributed by atoms with Gasteiger partial charge in [-0.15, -0.1) is 0 Å². The summed E-state index contributed by atoms with van der Waals surface area (Å²) in [6.07, 6.45) is 9.94. The third-order valence-corrected chi connectivity index (χ3v) is 12.3. The number of carbonyl (C=O) groups is 1. The predicted molar refractivity (Wildman–Crippen MR) is 147 cm³/mol. The number of esters is 1. The Hall–Kier alpha value is -1.17. The second-order valence-corrected chi connectivity index (χ2v) is 14.1. The first-order valence-electron chi connectivity index (χ1n) is 14.7. The smallest absolute Gasteiger partial charge is 0.302 e. The molecule has 210 valence electrons. The van der Waals surface area contributed by atoms with Gasteiger partial charge < -0.3 is 20.1 Å². The number of hydrogen-bond acceptors (Lipinski definition) is 5. The van der Waals surface area contributed by atoms with Gasteiger partial charge in [0, 0.05) is 12.3 Å². The molecule has 3 N–H and O–H groups in total. The van der Waals surface area contributed by atoms with Gasteiger partial charge in [0.05, 0.1) is 18.8 Å². The number of allylic oxidation sites excluding steroid dienone is 1. The maximum Gasteiger partial charge on any atom is 0.302 e. The molecule has 4 aliphatic carbocycles. The fourth-order valence-corrected chi connectivity index (χ4v) is 9.64. The molecule has 4 rings (SSSR count). The average molecular weight is 517 g/mol. The Morgan fingerprint density at radius 1 is 1.05 bits per heavy atom. The Kier molecular flexibility index (Phi) is 7.87. The van der Waals surface area contributed by atoms with Crippen LogP contribution in [0.3, 0.4) is 0 Å². The van der Waals surface area contributed by atoms with E-state index in [1.165, 1.54) is 6.92 Å². The first-order valence-corrected chi connectivity index (χ1v) is 14.7. The summed E-state index contributed by atoms with van der Waals surface area (Å²) in [5.74, 6) is 0.711. The molecule has 1 unspecified atom stereocenters. The summed E-state index contributed by atoms with van der Waals surface area (Å²) in [5, 5.41) is 31.5. The molecule has 0 bridgehead atoms. The molecule has 2 saturated carbocycles. The molecular formula is C32H52O5. The molecule has 0 aromatic carbocycles. The van der Waals surface area contributed by atoms with Crippen LogP contribution in [0.15, 0.2) is 22.8 Å². The number of carbonyl (C=O) groups excluding carboxylic acids is 1. The number of aliphatic hydroxyl groups excluding tert-OH is 3. The third-order valence-electron chi connectivity index (χ3n) is 12.3. The van der Waals surface area contributed by atoms with Gasteiger partial charge in [-0.05, 0) is 98.7 Å². The molecule has 37 heavy (non-hydrogen) atoms. The van der Waals surface area contributed by atoms with Gasteiger partial charge in [0.1, 0.15) is 6.61 Å². The third kappa shape index (κ3) is 4.45. The summed E-state index contributed by atoms with van der Waals surface area (Å²) < 4.78 is 5.82. The molecule has 0 saturated heterocycles. The first-order chi connectivity index (χ1) is 17.2. The highest BCUT2D eigenvalue weighted by molar-refractivity contribution is 5.66. The van der Waals surface area contributed by atoms with Crippen molar-refractivity contribution in [2.24, 2.45) is 39.4 Å². The van der Waals surface area contributed by atoms with Crippen LogP contribution in [0.1, 0.15) is 106 Å². The Morgan fingerprint density at radius 3 is 2.41 bits per heavy atom. The molecule has 4 aliphatic rings. The van der Waals surface area contributed by atoms with Crippen molar-refractivity contribution in [1.29, 1.82) is 0 Å². The molecule has 0 amide bonds. The van der Waals surface area contributed by atoms with E-state index >= 15 is 0 Å². The van der Waals surface area contributed by atoms with Gasteiger partial charge in [0.2, 0.25) is 0 Å². The summed E-state index contributed by atoms with van der Waals surface area (Å²) in [4.78, 5) is 12.0. The van der Waals surface area contributed by atoms with Gasteiger partial charge in [0.25, 0.3) is 0 Å². The van der Waals surface area contributed by atoms with E-state index in [1.807, 2.05) is 13.0 Å². The number of ether oxygens (including phenoxy) is 1. The summed E-state index contributed by atoms with van der Waals surface area (Å²) in [5.41, 5.74) is 3.86. The first kappa shape index (κ1) is 28.8. The van der Waals surface area contributed by atoms with E-state index < -0.39 is 6.10 Å². The predicted octanol–water partition coefficient (Wildman–Crippen LogP) is 5.97. The normalized spacial score (nSPS) is 40.9. The van der Waals surface area contributed by atoms with Gasteiger partial charge in [0.15, 0.2) is 0 Å². The molecule has 0 aliphatic heterocycles. The summed E-state index contributed by atoms with van der Waals surface area (Å²) in [6, 6.07) is 0. The molecule has 2 fully saturated rings. The zero-order valence-electron chi connectivity index (χ0n) is 24.4. The Bertz CT molecular complexity index is 949. The lowest BCUT2D eigenvalue weighted by molar-refractivity contribution is -0.156. The van der Waals surface area contributed by atoms with Crippen molar-refractivity contribution in [3.05, 3.63) is 22.8 Å². The lowest BCUT2D eigenvalue weighted by Gasteiger charge is -2.62. The molecule has 5 heteroatoms. The number of fused-ring (bicyclic) bond motifs is 4. The van der Waals surface area contributed by atoms with Crippen molar-refractivity contribution in [2.75, 3.05) is 13.2 Å². The maximum absolute atomic E-state index is 12.0. The van der Waals surface area contributed by atoms with Crippen LogP contribution in [0.25, 0.3) is 0 Å². The number of hydrogen-bond donors (Lipinski definition) is 3. The van der Waals surface area contributed by atoms with Crippen molar-refractivity contribution in [1.82, 2.24) is 0 Å². The molecule has 0 aromatic heterocycles. The van der Waals surface area contributed by atoms with Crippen LogP contribution in [-0.4, -0.2) is 46.7 Å². The lowest BCUT2D eigenvalue weighted by Crippen LogP contribution is -2.57. The van der Waals surface area contributed by atoms with E-state index in [4.69, 9.17) is 4.74 Å². The van der Waals surface area contributed by atoms with E-state index in [0.29, 0.717) is 24.9 Å². The Morgan fingerprint density at radius 2 is 1.76 bits per heavy atom. The highest BCUT2D eigenvalue weighted by atomic mass is 16.5. The summed E-state index contributed by atoms with van der Waals surface area (Å²) in [7, 11) is 0. The van der Waals surface area contributed by atoms with E-state index in [-0.39, 0.29) is 46.3 Å². The van der Waals surface area contributed by atoms with Crippen molar-refractivity contribution in [2.45, 2.75) is 118 Å². The minimum absolute atomic E-state index is 0.0428. The standard InChI is InChI=1S/C32H52O5/c1-20(18-33)8-10-26(35)21(2)23-12-15-31(7)24-9-11-27-29(4,5)28(36)14-17-32(27,19-37-22(3)34)25(24)13-16-30(23,31)6/h8,21,23,26-28,33,35-36H,9-19H2,1-7H3/b20-8-/t21-,23+,26?,27-,28-,30+,31-,32-/m0/s1. The number of aliphatic hydroxyl groups is 3. The topological polar surface area (TPSA) is 87.0 Å². The number of rotatable bonds is 7. The average Bonchev–Trinajstić information content (AvgIpc) is 3.14. The van der Waals surface area contributed by atoms with Gasteiger partial charge >= 0.3 is 5.97 Å². The summed E-state index contributed by atoms with van der Waals surface area (Å²) >= 11 is 0. The second-order valence-electron chi connectivity index (χ2n) is 14.1. The monoisotopic (exact) mass is 516 g/mol. The summed E-state index contributed by atoms with van der Waals surface area (Å²) in [6.45, 7) is 15.5. The fourth-order valence-electron chi connectivity index (χ4n) is 9.64. The molecule has 0 aromatic rings. The van der Waals surface area contributed by atoms with Gasteiger partial charge in [-0.25, -0.2) is 0 Å².